The third-order valence-corrected chi connectivity index (χ3v) is 7.40. The Bertz CT molecular complexity index is 1090. The fourth-order valence-electron chi connectivity index (χ4n) is 3.52. The first-order valence-electron chi connectivity index (χ1n) is 9.76. The minimum absolute atomic E-state index is 0.0912. The van der Waals surface area contributed by atoms with Crippen LogP contribution in [0.15, 0.2) is 64.0 Å². The summed E-state index contributed by atoms with van der Waals surface area (Å²) in [6, 6.07) is 15.7. The first-order valence-corrected chi connectivity index (χ1v) is 11.6. The molecule has 0 amide bonds. The van der Waals surface area contributed by atoms with Crippen LogP contribution < -0.4 is 0 Å². The molecule has 1 atom stereocenters. The van der Waals surface area contributed by atoms with E-state index in [4.69, 9.17) is 20.9 Å². The number of halogens is 1. The molecule has 1 aromatic heterocycles. The molecule has 2 heterocycles. The van der Waals surface area contributed by atoms with Crippen LogP contribution in [0.1, 0.15) is 42.6 Å². The number of piperidine rings is 1. The van der Waals surface area contributed by atoms with E-state index in [1.165, 1.54) is 10.4 Å². The number of sulfonamides is 1. The highest BCUT2D eigenvalue weighted by Gasteiger charge is 2.37. The molecule has 0 bridgehead atoms. The Kier molecular flexibility index (Phi) is 6.48. The Morgan fingerprint density at radius 1 is 1.07 bits per heavy atom. The quantitative estimate of drug-likeness (QED) is 0.535. The third kappa shape index (κ3) is 4.57. The van der Waals surface area contributed by atoms with Gasteiger partial charge in [0.05, 0.1) is 17.7 Å². The predicted octanol–water partition coefficient (Wildman–Crippen LogP) is 4.36. The van der Waals surface area contributed by atoms with Crippen molar-refractivity contribution >= 4 is 21.6 Å². The van der Waals surface area contributed by atoms with Gasteiger partial charge in [0, 0.05) is 6.54 Å². The SMILES string of the molecule is O=S(=O)(c1ccccc1Cl)N1CCCCC1c1noc(COCc2ccccc2)n1. The van der Waals surface area contributed by atoms with Gasteiger partial charge in [-0.15, -0.1) is 0 Å². The normalized spacial score (nSPS) is 17.8. The van der Waals surface area contributed by atoms with E-state index in [0.29, 0.717) is 31.3 Å². The fraction of sp³-hybridized carbons (Fsp3) is 0.333. The number of aromatic nitrogens is 2. The standard InChI is InChI=1S/C21H22ClN3O4S/c22-17-10-4-5-12-19(17)30(26,27)25-13-7-6-11-18(25)21-23-20(29-24-21)15-28-14-16-8-2-1-3-9-16/h1-5,8-10,12,18H,6-7,11,13-15H2. The van der Waals surface area contributed by atoms with E-state index in [1.807, 2.05) is 30.3 Å². The Balaban J connectivity index is 1.49. The smallest absolute Gasteiger partial charge is 0.252 e. The molecule has 3 aromatic rings. The zero-order valence-electron chi connectivity index (χ0n) is 16.3. The zero-order valence-corrected chi connectivity index (χ0v) is 17.8. The number of ether oxygens (including phenoxy) is 1. The second-order valence-corrected chi connectivity index (χ2v) is 9.35. The molecule has 9 heteroatoms. The van der Waals surface area contributed by atoms with Crippen LogP contribution in [0.3, 0.4) is 0 Å². The minimum atomic E-state index is -3.79. The molecule has 7 nitrogen and oxygen atoms in total. The summed E-state index contributed by atoms with van der Waals surface area (Å²) in [6.45, 7) is 0.966. The molecule has 1 aliphatic rings. The molecule has 1 saturated heterocycles. The van der Waals surface area contributed by atoms with Crippen molar-refractivity contribution in [3.05, 3.63) is 76.9 Å². The van der Waals surface area contributed by atoms with Gasteiger partial charge >= 0.3 is 0 Å². The van der Waals surface area contributed by atoms with Crippen LogP contribution in [0.4, 0.5) is 0 Å². The molecule has 30 heavy (non-hydrogen) atoms. The van der Waals surface area contributed by atoms with E-state index in [9.17, 15) is 8.42 Å². The Morgan fingerprint density at radius 3 is 2.63 bits per heavy atom. The molecular formula is C21H22ClN3O4S. The maximum absolute atomic E-state index is 13.3. The number of rotatable bonds is 7. The van der Waals surface area contributed by atoms with E-state index in [0.717, 1.165) is 18.4 Å². The molecule has 1 unspecified atom stereocenters. The minimum Gasteiger partial charge on any atom is -0.367 e. The van der Waals surface area contributed by atoms with Crippen LogP contribution in [-0.4, -0.2) is 29.4 Å². The van der Waals surface area contributed by atoms with Gasteiger partial charge in [0.1, 0.15) is 11.5 Å². The Hall–Kier alpha value is -2.26. The summed E-state index contributed by atoms with van der Waals surface area (Å²) in [5, 5.41) is 4.24. The van der Waals surface area contributed by atoms with E-state index in [-0.39, 0.29) is 16.5 Å². The van der Waals surface area contributed by atoms with Crippen LogP contribution in [-0.2, 0) is 28.0 Å². The molecule has 0 saturated carbocycles. The first kappa shape index (κ1) is 21.0. The van der Waals surface area contributed by atoms with E-state index in [1.54, 1.807) is 18.2 Å². The Morgan fingerprint density at radius 2 is 1.83 bits per heavy atom. The van der Waals surface area contributed by atoms with Gasteiger partial charge in [0.15, 0.2) is 5.82 Å². The van der Waals surface area contributed by atoms with Crippen molar-refractivity contribution < 1.29 is 17.7 Å². The molecule has 1 fully saturated rings. The van der Waals surface area contributed by atoms with Crippen molar-refractivity contribution in [2.45, 2.75) is 43.4 Å². The number of nitrogens with zero attached hydrogens (tertiary/aromatic N) is 3. The molecule has 158 valence electrons. The number of hydrogen-bond acceptors (Lipinski definition) is 6. The van der Waals surface area contributed by atoms with Crippen LogP contribution in [0.5, 0.6) is 0 Å². The molecule has 4 rings (SSSR count). The first-order chi connectivity index (χ1) is 14.6. The average Bonchev–Trinajstić information content (AvgIpc) is 3.23. The van der Waals surface area contributed by atoms with Crippen molar-refractivity contribution in [3.63, 3.8) is 0 Å². The van der Waals surface area contributed by atoms with Gasteiger partial charge < -0.3 is 9.26 Å². The van der Waals surface area contributed by atoms with Gasteiger partial charge in [0.25, 0.3) is 5.89 Å². The maximum atomic E-state index is 13.3. The van der Waals surface area contributed by atoms with Crippen molar-refractivity contribution in [2.75, 3.05) is 6.54 Å². The van der Waals surface area contributed by atoms with Crippen molar-refractivity contribution in [2.24, 2.45) is 0 Å². The second kappa shape index (κ2) is 9.26. The van der Waals surface area contributed by atoms with Crippen molar-refractivity contribution in [1.29, 1.82) is 0 Å². The van der Waals surface area contributed by atoms with E-state index >= 15 is 0 Å². The zero-order chi connectivity index (χ0) is 21.0. The summed E-state index contributed by atoms with van der Waals surface area (Å²) in [7, 11) is -3.79. The van der Waals surface area contributed by atoms with Crippen LogP contribution >= 0.6 is 11.6 Å². The fourth-order valence-corrected chi connectivity index (χ4v) is 5.67. The molecule has 0 radical (unpaired) electrons. The molecule has 0 aliphatic carbocycles. The lowest BCUT2D eigenvalue weighted by atomic mass is 10.0. The summed E-state index contributed by atoms with van der Waals surface area (Å²) < 4.78 is 38.9. The van der Waals surface area contributed by atoms with Gasteiger partial charge in [-0.2, -0.15) is 9.29 Å². The van der Waals surface area contributed by atoms with Gasteiger partial charge in [-0.3, -0.25) is 0 Å². The van der Waals surface area contributed by atoms with Gasteiger partial charge in [-0.1, -0.05) is 65.6 Å². The monoisotopic (exact) mass is 447 g/mol. The van der Waals surface area contributed by atoms with E-state index < -0.39 is 16.1 Å². The molecule has 0 spiro atoms. The van der Waals surface area contributed by atoms with Crippen molar-refractivity contribution in [3.8, 4) is 0 Å². The van der Waals surface area contributed by atoms with Crippen LogP contribution in [0, 0.1) is 0 Å². The molecule has 1 aliphatic heterocycles. The summed E-state index contributed by atoms with van der Waals surface area (Å²) in [5.74, 6) is 0.672. The highest BCUT2D eigenvalue weighted by atomic mass is 35.5. The second-order valence-electron chi connectivity index (χ2n) is 7.08. The largest absolute Gasteiger partial charge is 0.367 e. The van der Waals surface area contributed by atoms with Gasteiger partial charge in [-0.05, 0) is 30.5 Å². The van der Waals surface area contributed by atoms with Gasteiger partial charge in [0.2, 0.25) is 10.0 Å². The highest BCUT2D eigenvalue weighted by molar-refractivity contribution is 7.89. The Labute approximate surface area is 180 Å². The van der Waals surface area contributed by atoms with E-state index in [2.05, 4.69) is 10.1 Å². The van der Waals surface area contributed by atoms with Gasteiger partial charge in [-0.25, -0.2) is 8.42 Å². The maximum Gasteiger partial charge on any atom is 0.252 e. The summed E-state index contributed by atoms with van der Waals surface area (Å²) in [6.07, 6.45) is 2.27. The molecular weight excluding hydrogens is 426 g/mol. The summed E-state index contributed by atoms with van der Waals surface area (Å²) in [4.78, 5) is 4.49. The summed E-state index contributed by atoms with van der Waals surface area (Å²) in [5.41, 5.74) is 1.04. The third-order valence-electron chi connectivity index (χ3n) is 5.00. The molecule has 2 aromatic carbocycles. The highest BCUT2D eigenvalue weighted by Crippen LogP contribution is 2.36. The topological polar surface area (TPSA) is 85.5 Å². The van der Waals surface area contributed by atoms with Crippen LogP contribution in [0.2, 0.25) is 5.02 Å². The predicted molar refractivity (Wildman–Crippen MR) is 111 cm³/mol. The average molecular weight is 448 g/mol. The number of hydrogen-bond donors (Lipinski definition) is 0. The summed E-state index contributed by atoms with van der Waals surface area (Å²) >= 11 is 6.16. The van der Waals surface area contributed by atoms with Crippen LogP contribution in [0.25, 0.3) is 0 Å². The number of benzene rings is 2. The lowest BCUT2D eigenvalue weighted by molar-refractivity contribution is 0.0850. The molecule has 0 N–H and O–H groups in total. The van der Waals surface area contributed by atoms with Crippen molar-refractivity contribution in [1.82, 2.24) is 14.4 Å². The lowest BCUT2D eigenvalue weighted by Crippen LogP contribution is -2.39. The lowest BCUT2D eigenvalue weighted by Gasteiger charge is -2.32.